The summed E-state index contributed by atoms with van der Waals surface area (Å²) in [5.74, 6) is 1.41. The van der Waals surface area contributed by atoms with Gasteiger partial charge in [0.2, 0.25) is 0 Å². The second-order valence-electron chi connectivity index (χ2n) is 5.43. The van der Waals surface area contributed by atoms with E-state index in [4.69, 9.17) is 9.84 Å². The molecule has 0 aliphatic heterocycles. The first kappa shape index (κ1) is 14.7. The third kappa shape index (κ3) is 3.36. The molecule has 1 fully saturated rings. The van der Waals surface area contributed by atoms with Gasteiger partial charge in [0.05, 0.1) is 29.3 Å². The monoisotopic (exact) mass is 355 g/mol. The predicted octanol–water partition coefficient (Wildman–Crippen LogP) is 1.73. The summed E-state index contributed by atoms with van der Waals surface area (Å²) in [5, 5.41) is 26.5. The summed E-state index contributed by atoms with van der Waals surface area (Å²) >= 11 is 3.51. The molecule has 6 nitrogen and oxygen atoms in total. The van der Waals surface area contributed by atoms with Gasteiger partial charge in [-0.3, -0.25) is 0 Å². The first-order valence-corrected chi connectivity index (χ1v) is 7.91. The first-order chi connectivity index (χ1) is 10.2. The Hall–Kier alpha value is -1.18. The van der Waals surface area contributed by atoms with Crippen molar-refractivity contribution in [2.24, 2.45) is 5.92 Å². The van der Waals surface area contributed by atoms with Gasteiger partial charge in [0.1, 0.15) is 11.3 Å². The number of benzene rings is 1. The van der Waals surface area contributed by atoms with Crippen LogP contribution in [0.3, 0.4) is 0 Å². The van der Waals surface area contributed by atoms with Gasteiger partial charge in [-0.05, 0) is 46.8 Å². The van der Waals surface area contributed by atoms with E-state index in [1.165, 1.54) is 12.8 Å². The number of nitrogens with zero attached hydrogens (tertiary/aromatic N) is 3. The highest BCUT2D eigenvalue weighted by molar-refractivity contribution is 9.10. The second-order valence-corrected chi connectivity index (χ2v) is 6.23. The van der Waals surface area contributed by atoms with Gasteiger partial charge >= 0.3 is 0 Å². The number of halogens is 1. The molecule has 1 unspecified atom stereocenters. The van der Waals surface area contributed by atoms with Crippen LogP contribution in [0.2, 0.25) is 0 Å². The number of aliphatic hydroxyl groups excluding tert-OH is 2. The maximum atomic E-state index is 9.30. The molecule has 1 aliphatic carbocycles. The summed E-state index contributed by atoms with van der Waals surface area (Å²) in [7, 11) is 0. The maximum Gasteiger partial charge on any atom is 0.135 e. The van der Waals surface area contributed by atoms with E-state index in [1.54, 1.807) is 0 Å². The van der Waals surface area contributed by atoms with Crippen LogP contribution in [0.25, 0.3) is 11.0 Å². The van der Waals surface area contributed by atoms with Crippen LogP contribution in [-0.2, 0) is 6.54 Å². The van der Waals surface area contributed by atoms with Crippen LogP contribution in [0, 0.1) is 5.92 Å². The zero-order chi connectivity index (χ0) is 14.8. The number of aliphatic hydroxyl groups is 2. The zero-order valence-corrected chi connectivity index (χ0v) is 13.2. The molecule has 1 aromatic carbocycles. The van der Waals surface area contributed by atoms with E-state index in [0.717, 1.165) is 28.0 Å². The van der Waals surface area contributed by atoms with Crippen molar-refractivity contribution in [1.82, 2.24) is 15.0 Å². The topological polar surface area (TPSA) is 80.4 Å². The fourth-order valence-electron chi connectivity index (χ4n) is 2.17. The molecule has 0 radical (unpaired) electrons. The Morgan fingerprint density at radius 2 is 2.24 bits per heavy atom. The Morgan fingerprint density at radius 1 is 1.43 bits per heavy atom. The van der Waals surface area contributed by atoms with Gasteiger partial charge in [-0.15, -0.1) is 5.10 Å². The summed E-state index contributed by atoms with van der Waals surface area (Å²) in [6, 6.07) is 3.84. The lowest BCUT2D eigenvalue weighted by molar-refractivity contribution is 0.0753. The van der Waals surface area contributed by atoms with Crippen molar-refractivity contribution in [3.05, 3.63) is 16.6 Å². The average Bonchev–Trinajstić information content (AvgIpc) is 3.21. The summed E-state index contributed by atoms with van der Waals surface area (Å²) < 4.78 is 8.34. The van der Waals surface area contributed by atoms with E-state index in [2.05, 4.69) is 26.2 Å². The van der Waals surface area contributed by atoms with Crippen LogP contribution in [0.5, 0.6) is 5.75 Å². The Balaban J connectivity index is 1.73. The molecule has 7 heteroatoms. The van der Waals surface area contributed by atoms with Gasteiger partial charge in [0, 0.05) is 13.0 Å². The third-order valence-electron chi connectivity index (χ3n) is 3.64. The minimum atomic E-state index is -0.744. The molecule has 114 valence electrons. The van der Waals surface area contributed by atoms with Crippen molar-refractivity contribution in [3.8, 4) is 5.75 Å². The number of fused-ring (bicyclic) bond motifs is 1. The molecule has 3 rings (SSSR count). The van der Waals surface area contributed by atoms with Gasteiger partial charge in [0.25, 0.3) is 0 Å². The lowest BCUT2D eigenvalue weighted by Gasteiger charge is -2.10. The highest BCUT2D eigenvalue weighted by Gasteiger charge is 2.23. The number of aromatic nitrogens is 3. The molecule has 0 amide bonds. The summed E-state index contributed by atoms with van der Waals surface area (Å²) in [4.78, 5) is 0. The molecule has 0 bridgehead atoms. The minimum absolute atomic E-state index is 0.251. The predicted molar refractivity (Wildman–Crippen MR) is 81.2 cm³/mol. The van der Waals surface area contributed by atoms with Gasteiger partial charge < -0.3 is 14.9 Å². The molecule has 1 saturated carbocycles. The molecule has 1 aromatic heterocycles. The zero-order valence-electron chi connectivity index (χ0n) is 11.6. The van der Waals surface area contributed by atoms with Crippen LogP contribution in [0.15, 0.2) is 16.6 Å². The van der Waals surface area contributed by atoms with E-state index in [-0.39, 0.29) is 6.61 Å². The molecule has 0 saturated heterocycles. The van der Waals surface area contributed by atoms with E-state index >= 15 is 0 Å². The molecule has 1 heterocycles. The van der Waals surface area contributed by atoms with Crippen LogP contribution in [-0.4, -0.2) is 44.5 Å². The maximum absolute atomic E-state index is 9.30. The third-order valence-corrected chi connectivity index (χ3v) is 4.40. The van der Waals surface area contributed by atoms with Crippen molar-refractivity contribution in [1.29, 1.82) is 0 Å². The highest BCUT2D eigenvalue weighted by atomic mass is 79.9. The van der Waals surface area contributed by atoms with E-state index in [9.17, 15) is 5.11 Å². The molecule has 2 aromatic rings. The Kier molecular flexibility index (Phi) is 4.42. The largest absolute Gasteiger partial charge is 0.492 e. The van der Waals surface area contributed by atoms with Crippen LogP contribution in [0.4, 0.5) is 0 Å². The molecule has 21 heavy (non-hydrogen) atoms. The first-order valence-electron chi connectivity index (χ1n) is 7.12. The van der Waals surface area contributed by atoms with Crippen molar-refractivity contribution >= 4 is 27.0 Å². The SMILES string of the molecule is OCC(O)CCOc1ccc2c(nnn2CC2CC2)c1Br. The number of ether oxygens (including phenoxy) is 1. The Labute approximate surface area is 130 Å². The van der Waals surface area contributed by atoms with Crippen LogP contribution < -0.4 is 4.74 Å². The van der Waals surface area contributed by atoms with E-state index < -0.39 is 6.10 Å². The number of hydrogen-bond acceptors (Lipinski definition) is 5. The summed E-state index contributed by atoms with van der Waals surface area (Å²) in [5.41, 5.74) is 1.78. The fourth-order valence-corrected chi connectivity index (χ4v) is 2.70. The fraction of sp³-hybridized carbons (Fsp3) is 0.571. The van der Waals surface area contributed by atoms with Gasteiger partial charge in [0.15, 0.2) is 0 Å². The Morgan fingerprint density at radius 3 is 2.95 bits per heavy atom. The number of hydrogen-bond donors (Lipinski definition) is 2. The van der Waals surface area contributed by atoms with Crippen molar-refractivity contribution in [2.45, 2.75) is 31.9 Å². The van der Waals surface area contributed by atoms with E-state index in [1.807, 2.05) is 16.8 Å². The highest BCUT2D eigenvalue weighted by Crippen LogP contribution is 2.34. The normalized spacial score (nSPS) is 16.3. The molecular formula is C14H18BrN3O3. The Bertz CT molecular complexity index is 627. The standard InChI is InChI=1S/C14H18BrN3O3/c15-13-12(21-6-5-10(20)8-19)4-3-11-14(13)16-17-18(11)7-9-1-2-9/h3-4,9-10,19-20H,1-2,5-8H2. The lowest BCUT2D eigenvalue weighted by atomic mass is 10.2. The molecular weight excluding hydrogens is 338 g/mol. The summed E-state index contributed by atoms with van der Waals surface area (Å²) in [6.07, 6.45) is 2.19. The lowest BCUT2D eigenvalue weighted by Crippen LogP contribution is -2.15. The second kappa shape index (κ2) is 6.29. The summed E-state index contributed by atoms with van der Waals surface area (Å²) in [6.45, 7) is 1.01. The minimum Gasteiger partial charge on any atom is -0.492 e. The molecule has 1 aliphatic rings. The van der Waals surface area contributed by atoms with Crippen LogP contribution in [0.1, 0.15) is 19.3 Å². The van der Waals surface area contributed by atoms with Gasteiger partial charge in [-0.1, -0.05) is 5.21 Å². The van der Waals surface area contributed by atoms with Crippen LogP contribution >= 0.6 is 15.9 Å². The average molecular weight is 356 g/mol. The molecule has 2 N–H and O–H groups in total. The number of rotatable bonds is 7. The molecule has 1 atom stereocenters. The smallest absolute Gasteiger partial charge is 0.135 e. The molecule has 0 spiro atoms. The quantitative estimate of drug-likeness (QED) is 0.790. The van der Waals surface area contributed by atoms with Crippen molar-refractivity contribution in [3.63, 3.8) is 0 Å². The van der Waals surface area contributed by atoms with Crippen molar-refractivity contribution < 1.29 is 14.9 Å². The van der Waals surface area contributed by atoms with Gasteiger partial charge in [-0.25, -0.2) is 4.68 Å². The van der Waals surface area contributed by atoms with Gasteiger partial charge in [-0.2, -0.15) is 0 Å². The van der Waals surface area contributed by atoms with Crippen molar-refractivity contribution in [2.75, 3.05) is 13.2 Å². The van der Waals surface area contributed by atoms with E-state index in [0.29, 0.717) is 18.8 Å².